The molecule has 1 heteroatoms. The summed E-state index contributed by atoms with van der Waals surface area (Å²) in [5.74, 6) is 0.626. The zero-order valence-electron chi connectivity index (χ0n) is 21.6. The Hall–Kier alpha value is -1.27. The van der Waals surface area contributed by atoms with Gasteiger partial charge in [0.25, 0.3) is 0 Å². The molecule has 0 aliphatic heterocycles. The predicted octanol–water partition coefficient (Wildman–Crippen LogP) is 10.8. The van der Waals surface area contributed by atoms with Gasteiger partial charge in [-0.3, -0.25) is 0 Å². The zero-order chi connectivity index (χ0) is 23.5. The van der Waals surface area contributed by atoms with E-state index >= 15 is 0 Å². The first-order valence-electron chi connectivity index (χ1n) is 12.2. The van der Waals surface area contributed by atoms with Crippen LogP contribution in [0, 0.1) is 0 Å². The Labute approximate surface area is 199 Å². The van der Waals surface area contributed by atoms with Gasteiger partial charge >= 0.3 is 0 Å². The molecule has 0 heterocycles. The van der Waals surface area contributed by atoms with Crippen molar-refractivity contribution in [1.82, 2.24) is 0 Å². The van der Waals surface area contributed by atoms with Crippen LogP contribution in [0.15, 0.2) is 69.9 Å². The van der Waals surface area contributed by atoms with Crippen molar-refractivity contribution in [1.29, 1.82) is 0 Å². The van der Waals surface area contributed by atoms with E-state index in [0.29, 0.717) is 5.88 Å². The number of halogens is 1. The maximum Gasteiger partial charge on any atom is 0.0406 e. The minimum absolute atomic E-state index is 0.626. The van der Waals surface area contributed by atoms with E-state index in [9.17, 15) is 0 Å². The molecule has 0 aromatic rings. The fourth-order valence-corrected chi connectivity index (χ4v) is 3.68. The van der Waals surface area contributed by atoms with Crippen molar-refractivity contribution >= 4 is 11.6 Å². The minimum atomic E-state index is 0.626. The van der Waals surface area contributed by atoms with Gasteiger partial charge in [0.15, 0.2) is 0 Å². The molecule has 0 rings (SSSR count). The average Bonchev–Trinajstić information content (AvgIpc) is 2.68. The standard InChI is InChI=1S/C30H49Cl/c1-25(2)13-8-14-26(3)15-9-16-27(4)17-10-18-28(5)19-11-20-29(6)21-12-22-30(7)23-24-31/h13,15,17,19,21,23H,8-12,14,16,18,20,22,24H2,1-7H3. The van der Waals surface area contributed by atoms with Gasteiger partial charge in [0.1, 0.15) is 0 Å². The lowest BCUT2D eigenvalue weighted by atomic mass is 10.0. The van der Waals surface area contributed by atoms with Crippen LogP contribution in [0.2, 0.25) is 0 Å². The SMILES string of the molecule is CC(C)=CCCC(C)=CCCC(C)=CCCC(C)=CCCC(C)=CCCC(C)=CCCl. The third-order valence-electron chi connectivity index (χ3n) is 5.64. The second kappa shape index (κ2) is 19.4. The van der Waals surface area contributed by atoms with Crippen LogP contribution < -0.4 is 0 Å². The molecule has 31 heavy (non-hydrogen) atoms. The Morgan fingerprint density at radius 3 is 0.935 bits per heavy atom. The lowest BCUT2D eigenvalue weighted by Gasteiger charge is -2.03. The van der Waals surface area contributed by atoms with Crippen LogP contribution >= 0.6 is 11.6 Å². The van der Waals surface area contributed by atoms with Crippen LogP contribution in [0.25, 0.3) is 0 Å². The summed E-state index contributed by atoms with van der Waals surface area (Å²) in [6.45, 7) is 15.6. The molecule has 0 unspecified atom stereocenters. The van der Waals surface area contributed by atoms with Crippen LogP contribution in [0.5, 0.6) is 0 Å². The van der Waals surface area contributed by atoms with E-state index in [-0.39, 0.29) is 0 Å². The highest BCUT2D eigenvalue weighted by molar-refractivity contribution is 6.18. The molecule has 0 aliphatic carbocycles. The van der Waals surface area contributed by atoms with Crippen LogP contribution in [-0.4, -0.2) is 5.88 Å². The molecular weight excluding hydrogens is 396 g/mol. The summed E-state index contributed by atoms with van der Waals surface area (Å²) in [6, 6.07) is 0. The van der Waals surface area contributed by atoms with Gasteiger partial charge in [0.05, 0.1) is 0 Å². The zero-order valence-corrected chi connectivity index (χ0v) is 22.4. The number of alkyl halides is 1. The van der Waals surface area contributed by atoms with Crippen LogP contribution in [-0.2, 0) is 0 Å². The highest BCUT2D eigenvalue weighted by Crippen LogP contribution is 2.15. The van der Waals surface area contributed by atoms with Gasteiger partial charge in [-0.2, -0.15) is 0 Å². The fraction of sp³-hybridized carbons (Fsp3) is 0.600. The molecular formula is C30H49Cl. The Morgan fingerprint density at radius 2 is 0.677 bits per heavy atom. The molecule has 0 aromatic heterocycles. The quantitative estimate of drug-likeness (QED) is 0.164. The summed E-state index contributed by atoms with van der Waals surface area (Å²) in [5, 5.41) is 0. The number of hydrogen-bond donors (Lipinski definition) is 0. The van der Waals surface area contributed by atoms with E-state index in [4.69, 9.17) is 11.6 Å². The summed E-state index contributed by atoms with van der Waals surface area (Å²) >= 11 is 5.74. The number of rotatable bonds is 16. The van der Waals surface area contributed by atoms with Gasteiger partial charge in [-0.15, -0.1) is 11.6 Å². The van der Waals surface area contributed by atoms with Gasteiger partial charge in [0.2, 0.25) is 0 Å². The fourth-order valence-electron chi connectivity index (χ4n) is 3.42. The summed E-state index contributed by atoms with van der Waals surface area (Å²) in [5.41, 5.74) is 8.89. The van der Waals surface area contributed by atoms with E-state index in [2.05, 4.69) is 84.9 Å². The van der Waals surface area contributed by atoms with Gasteiger partial charge in [-0.05, 0) is 113 Å². The molecule has 0 atom stereocenters. The van der Waals surface area contributed by atoms with Crippen molar-refractivity contribution in [2.75, 3.05) is 5.88 Å². The Kier molecular flexibility index (Phi) is 18.6. The molecule has 0 fully saturated rings. The van der Waals surface area contributed by atoms with Crippen molar-refractivity contribution < 1.29 is 0 Å². The molecule has 0 nitrogen and oxygen atoms in total. The molecule has 0 saturated heterocycles. The molecule has 0 radical (unpaired) electrons. The van der Waals surface area contributed by atoms with E-state index < -0.39 is 0 Å². The normalized spacial score (nSPS) is 14.3. The van der Waals surface area contributed by atoms with Crippen molar-refractivity contribution in [2.24, 2.45) is 0 Å². The number of allylic oxidation sites excluding steroid dienone is 12. The predicted molar refractivity (Wildman–Crippen MR) is 145 cm³/mol. The second-order valence-corrected chi connectivity index (χ2v) is 9.69. The number of hydrogen-bond acceptors (Lipinski definition) is 0. The lowest BCUT2D eigenvalue weighted by molar-refractivity contribution is 0.886. The maximum atomic E-state index is 5.74. The van der Waals surface area contributed by atoms with Gasteiger partial charge in [-0.25, -0.2) is 0 Å². The first-order chi connectivity index (χ1) is 14.7. The molecule has 0 saturated carbocycles. The van der Waals surface area contributed by atoms with Gasteiger partial charge in [0, 0.05) is 5.88 Å². The topological polar surface area (TPSA) is 0 Å². The van der Waals surface area contributed by atoms with Crippen molar-refractivity contribution in [3.8, 4) is 0 Å². The molecule has 0 aromatic carbocycles. The van der Waals surface area contributed by atoms with Gasteiger partial charge < -0.3 is 0 Å². The largest absolute Gasteiger partial charge is 0.122 e. The average molecular weight is 445 g/mol. The summed E-state index contributed by atoms with van der Waals surface area (Å²) in [7, 11) is 0. The Bertz CT molecular complexity index is 661. The summed E-state index contributed by atoms with van der Waals surface area (Å²) in [4.78, 5) is 0. The van der Waals surface area contributed by atoms with Gasteiger partial charge in [-0.1, -0.05) is 69.9 Å². The van der Waals surface area contributed by atoms with E-state index in [1.807, 2.05) is 0 Å². The van der Waals surface area contributed by atoms with Crippen LogP contribution in [0.3, 0.4) is 0 Å². The second-order valence-electron chi connectivity index (χ2n) is 9.38. The van der Waals surface area contributed by atoms with E-state index in [1.165, 1.54) is 78.4 Å². The monoisotopic (exact) mass is 444 g/mol. The Morgan fingerprint density at radius 1 is 0.419 bits per heavy atom. The first kappa shape index (κ1) is 29.7. The third-order valence-corrected chi connectivity index (χ3v) is 5.80. The van der Waals surface area contributed by atoms with E-state index in [1.54, 1.807) is 0 Å². The molecule has 176 valence electrons. The smallest absolute Gasteiger partial charge is 0.0406 e. The first-order valence-corrected chi connectivity index (χ1v) is 12.8. The highest BCUT2D eigenvalue weighted by atomic mass is 35.5. The van der Waals surface area contributed by atoms with Crippen LogP contribution in [0.4, 0.5) is 0 Å². The maximum absolute atomic E-state index is 5.74. The minimum Gasteiger partial charge on any atom is -0.122 e. The van der Waals surface area contributed by atoms with Crippen molar-refractivity contribution in [2.45, 2.75) is 113 Å². The molecule has 0 bridgehead atoms. The van der Waals surface area contributed by atoms with Crippen molar-refractivity contribution in [3.63, 3.8) is 0 Å². The molecule has 0 aliphatic rings. The molecule has 0 N–H and O–H groups in total. The lowest BCUT2D eigenvalue weighted by Crippen LogP contribution is -1.83. The highest BCUT2D eigenvalue weighted by Gasteiger charge is 1.95. The molecule has 0 spiro atoms. The molecule has 0 amide bonds. The summed E-state index contributed by atoms with van der Waals surface area (Å²) in [6.07, 6.45) is 25.8. The Balaban J connectivity index is 4.09. The van der Waals surface area contributed by atoms with Crippen molar-refractivity contribution in [3.05, 3.63) is 69.9 Å². The van der Waals surface area contributed by atoms with Crippen LogP contribution in [0.1, 0.15) is 113 Å². The summed E-state index contributed by atoms with van der Waals surface area (Å²) < 4.78 is 0. The third kappa shape index (κ3) is 20.4. The van der Waals surface area contributed by atoms with E-state index in [0.717, 1.165) is 19.3 Å².